The van der Waals surface area contributed by atoms with Gasteiger partial charge in [-0.2, -0.15) is 0 Å². The molecule has 0 bridgehead atoms. The molecule has 0 aliphatic heterocycles. The minimum atomic E-state index is 0.0846. The Balaban J connectivity index is 1.87. The van der Waals surface area contributed by atoms with Gasteiger partial charge in [-0.05, 0) is 34.9 Å². The largest absolute Gasteiger partial charge is 0.491 e. The van der Waals surface area contributed by atoms with Crippen LogP contribution in [0.4, 0.5) is 0 Å². The lowest BCUT2D eigenvalue weighted by Gasteiger charge is -2.36. The van der Waals surface area contributed by atoms with Crippen LogP contribution in [0.1, 0.15) is 59.1 Å². The Morgan fingerprint density at radius 3 is 2.00 bits per heavy atom. The summed E-state index contributed by atoms with van der Waals surface area (Å²) in [7, 11) is 4.44. The maximum absolute atomic E-state index is 6.08. The highest BCUT2D eigenvalue weighted by Crippen LogP contribution is 2.36. The number of rotatable bonds is 10. The molecule has 3 nitrogen and oxygen atoms in total. The number of para-hydroxylation sites is 1. The van der Waals surface area contributed by atoms with E-state index < -0.39 is 0 Å². The zero-order chi connectivity index (χ0) is 22.4. The predicted octanol–water partition coefficient (Wildman–Crippen LogP) is 6.42. The molecule has 0 saturated carbocycles. The van der Waals surface area contributed by atoms with E-state index in [0.717, 1.165) is 23.2 Å². The van der Waals surface area contributed by atoms with Gasteiger partial charge in [0, 0.05) is 12.5 Å². The van der Waals surface area contributed by atoms with Gasteiger partial charge in [-0.3, -0.25) is 4.48 Å². The quantitative estimate of drug-likeness (QED) is 0.255. The molecule has 0 heterocycles. The Labute approximate surface area is 184 Å². The molecular formula is C27H42NO2+. The molecule has 1 unspecified atom stereocenters. The van der Waals surface area contributed by atoms with Crippen LogP contribution in [0, 0.1) is 5.41 Å². The van der Waals surface area contributed by atoms with E-state index in [1.54, 1.807) is 0 Å². The third kappa shape index (κ3) is 7.77. The van der Waals surface area contributed by atoms with E-state index in [4.69, 9.17) is 9.47 Å². The molecular weight excluding hydrogens is 370 g/mol. The van der Waals surface area contributed by atoms with E-state index in [-0.39, 0.29) is 11.6 Å². The zero-order valence-electron chi connectivity index (χ0n) is 20.4. The second-order valence-corrected chi connectivity index (χ2v) is 10.9. The molecule has 1 atom stereocenters. The number of benzene rings is 2. The molecule has 2 aromatic rings. The molecule has 0 amide bonds. The van der Waals surface area contributed by atoms with Crippen molar-refractivity contribution in [2.75, 3.05) is 27.3 Å². The number of nitrogens with zero attached hydrogens (tertiary/aromatic N) is 1. The van der Waals surface area contributed by atoms with Gasteiger partial charge in [0.25, 0.3) is 0 Å². The highest BCUT2D eigenvalue weighted by Gasteiger charge is 2.28. The average molecular weight is 413 g/mol. The fourth-order valence-corrected chi connectivity index (χ4v) is 4.19. The van der Waals surface area contributed by atoms with Crippen molar-refractivity contribution in [3.8, 4) is 5.75 Å². The number of hydrogen-bond donors (Lipinski definition) is 0. The smallest absolute Gasteiger partial charge is 0.190 e. The summed E-state index contributed by atoms with van der Waals surface area (Å²) < 4.78 is 12.6. The lowest BCUT2D eigenvalue weighted by Crippen LogP contribution is -2.48. The van der Waals surface area contributed by atoms with Crippen LogP contribution in [-0.2, 0) is 16.7 Å². The fourth-order valence-electron chi connectivity index (χ4n) is 4.19. The first-order chi connectivity index (χ1) is 13.9. The third-order valence-electron chi connectivity index (χ3n) is 5.74. The van der Waals surface area contributed by atoms with Gasteiger partial charge in [0.05, 0.1) is 20.7 Å². The summed E-state index contributed by atoms with van der Waals surface area (Å²) in [5.74, 6) is 0.886. The van der Waals surface area contributed by atoms with E-state index in [1.165, 1.54) is 11.1 Å². The fraction of sp³-hybridized carbons (Fsp3) is 0.556. The molecule has 166 valence electrons. The van der Waals surface area contributed by atoms with Gasteiger partial charge in [-0.1, -0.05) is 77.1 Å². The molecule has 30 heavy (non-hydrogen) atoms. The standard InChI is InChI=1S/C27H42NO2/c1-22(29-18-19-30-25-12-10-9-11-13-25)28(7,8)20-23-14-16-24(17-15-23)27(5,6)21-26(2,3)4/h9-17,22H,18-21H2,1-8H3/q+1. The normalized spacial score (nSPS) is 13.9. The molecule has 0 saturated heterocycles. The first-order valence-corrected chi connectivity index (χ1v) is 11.1. The highest BCUT2D eigenvalue weighted by atomic mass is 16.5. The second-order valence-electron chi connectivity index (χ2n) is 10.9. The molecule has 0 N–H and O–H groups in total. The summed E-state index contributed by atoms with van der Waals surface area (Å²) in [4.78, 5) is 0. The first kappa shape index (κ1) is 24.4. The minimum Gasteiger partial charge on any atom is -0.491 e. The van der Waals surface area contributed by atoms with E-state index in [9.17, 15) is 0 Å². The molecule has 3 heteroatoms. The van der Waals surface area contributed by atoms with Gasteiger partial charge in [-0.15, -0.1) is 0 Å². The lowest BCUT2D eigenvalue weighted by atomic mass is 9.72. The van der Waals surface area contributed by atoms with Gasteiger partial charge in [0.2, 0.25) is 0 Å². The van der Waals surface area contributed by atoms with Gasteiger partial charge in [0.15, 0.2) is 6.23 Å². The van der Waals surface area contributed by atoms with Crippen LogP contribution in [0.15, 0.2) is 54.6 Å². The van der Waals surface area contributed by atoms with Crippen molar-refractivity contribution < 1.29 is 14.0 Å². The Morgan fingerprint density at radius 2 is 1.43 bits per heavy atom. The Hall–Kier alpha value is -1.84. The van der Waals surface area contributed by atoms with Crippen LogP contribution in [0.25, 0.3) is 0 Å². The molecule has 2 aromatic carbocycles. The Morgan fingerprint density at radius 1 is 0.833 bits per heavy atom. The molecule has 0 aliphatic rings. The molecule has 0 aliphatic carbocycles. The SMILES string of the molecule is CC(OCCOc1ccccc1)[N+](C)(C)Cc1ccc(C(C)(C)CC(C)(C)C)cc1. The Bertz CT molecular complexity index is 758. The van der Waals surface area contributed by atoms with Crippen molar-refractivity contribution in [3.05, 3.63) is 65.7 Å². The van der Waals surface area contributed by atoms with Crippen LogP contribution in [-0.4, -0.2) is 38.0 Å². The van der Waals surface area contributed by atoms with Crippen molar-refractivity contribution in [1.29, 1.82) is 0 Å². The van der Waals surface area contributed by atoms with Crippen molar-refractivity contribution in [2.45, 2.75) is 66.2 Å². The first-order valence-electron chi connectivity index (χ1n) is 11.1. The van der Waals surface area contributed by atoms with Crippen LogP contribution < -0.4 is 4.74 Å². The number of ether oxygens (including phenoxy) is 2. The number of quaternary nitrogens is 1. The van der Waals surface area contributed by atoms with Gasteiger partial charge < -0.3 is 9.47 Å². The maximum atomic E-state index is 6.08. The average Bonchev–Trinajstić information content (AvgIpc) is 2.64. The summed E-state index contributed by atoms with van der Waals surface area (Å²) in [6.07, 6.45) is 1.25. The maximum Gasteiger partial charge on any atom is 0.190 e. The number of hydrogen-bond acceptors (Lipinski definition) is 2. The van der Waals surface area contributed by atoms with Crippen molar-refractivity contribution in [3.63, 3.8) is 0 Å². The molecule has 0 spiro atoms. The van der Waals surface area contributed by atoms with Gasteiger partial charge in [0.1, 0.15) is 18.9 Å². The molecule has 0 fully saturated rings. The van der Waals surface area contributed by atoms with Crippen LogP contribution in [0.2, 0.25) is 0 Å². The van der Waals surface area contributed by atoms with Gasteiger partial charge in [-0.25, -0.2) is 0 Å². The topological polar surface area (TPSA) is 18.5 Å². The highest BCUT2D eigenvalue weighted by molar-refractivity contribution is 5.28. The van der Waals surface area contributed by atoms with E-state index in [0.29, 0.717) is 18.6 Å². The summed E-state index contributed by atoms with van der Waals surface area (Å²) in [5.41, 5.74) is 3.24. The third-order valence-corrected chi connectivity index (χ3v) is 5.74. The van der Waals surface area contributed by atoms with Crippen LogP contribution >= 0.6 is 0 Å². The Kier molecular flexibility index (Phi) is 8.13. The van der Waals surface area contributed by atoms with Crippen molar-refractivity contribution >= 4 is 0 Å². The van der Waals surface area contributed by atoms with Crippen molar-refractivity contribution in [2.24, 2.45) is 5.41 Å². The van der Waals surface area contributed by atoms with Gasteiger partial charge >= 0.3 is 0 Å². The van der Waals surface area contributed by atoms with Crippen LogP contribution in [0.3, 0.4) is 0 Å². The minimum absolute atomic E-state index is 0.0846. The summed E-state index contributed by atoms with van der Waals surface area (Å²) >= 11 is 0. The van der Waals surface area contributed by atoms with Crippen molar-refractivity contribution in [1.82, 2.24) is 0 Å². The summed E-state index contributed by atoms with van der Waals surface area (Å²) in [6.45, 7) is 15.9. The summed E-state index contributed by atoms with van der Waals surface area (Å²) in [5, 5.41) is 0. The molecule has 0 aromatic heterocycles. The molecule has 2 rings (SSSR count). The predicted molar refractivity (Wildman–Crippen MR) is 127 cm³/mol. The van der Waals surface area contributed by atoms with E-state index >= 15 is 0 Å². The monoisotopic (exact) mass is 412 g/mol. The lowest BCUT2D eigenvalue weighted by molar-refractivity contribution is -0.947. The van der Waals surface area contributed by atoms with E-state index in [2.05, 4.69) is 79.9 Å². The summed E-state index contributed by atoms with van der Waals surface area (Å²) in [6, 6.07) is 19.1. The zero-order valence-corrected chi connectivity index (χ0v) is 20.4. The molecule has 0 radical (unpaired) electrons. The second kappa shape index (κ2) is 9.98. The van der Waals surface area contributed by atoms with Crippen LogP contribution in [0.5, 0.6) is 5.75 Å². The van der Waals surface area contributed by atoms with E-state index in [1.807, 2.05) is 30.3 Å².